The molecule has 1 heterocycles. The van der Waals surface area contributed by atoms with E-state index in [0.29, 0.717) is 72.3 Å². The van der Waals surface area contributed by atoms with Gasteiger partial charge in [-0.15, -0.1) is 10.3 Å². The molecule has 1 amide bonds. The Bertz CT molecular complexity index is 569. The number of nitrogens with one attached hydrogen (secondary N) is 1. The van der Waals surface area contributed by atoms with Crippen LogP contribution < -0.4 is 5.32 Å². The topological polar surface area (TPSA) is 136 Å². The molecule has 0 unspecified atom stereocenters. The van der Waals surface area contributed by atoms with Crippen LogP contribution in [0.25, 0.3) is 0 Å². The smallest absolute Gasteiger partial charge is 0.305 e. The number of carboxylic acid groups (broad SMARTS) is 1. The van der Waals surface area contributed by atoms with Crippen LogP contribution in [0.5, 0.6) is 0 Å². The fraction of sp³-hybridized carbons (Fsp3) is 0.913. The van der Waals surface area contributed by atoms with Crippen LogP contribution in [0.15, 0.2) is 0 Å². The number of ether oxygens (including phenoxy) is 5. The maximum Gasteiger partial charge on any atom is 0.305 e. The van der Waals surface area contributed by atoms with E-state index >= 15 is 0 Å². The van der Waals surface area contributed by atoms with Crippen molar-refractivity contribution in [1.82, 2.24) is 10.4 Å². The van der Waals surface area contributed by atoms with Gasteiger partial charge in [-0.2, -0.15) is 0 Å². The second-order valence-electron chi connectivity index (χ2n) is 9.55. The number of aliphatic carboxylic acids is 1. The average molecular weight is 492 g/mol. The van der Waals surface area contributed by atoms with E-state index in [-0.39, 0.29) is 31.4 Å². The molecule has 0 aromatic heterocycles. The Morgan fingerprint density at radius 3 is 1.47 bits per heavy atom. The summed E-state index contributed by atoms with van der Waals surface area (Å²) in [6, 6.07) is -0.0198. The van der Waals surface area contributed by atoms with E-state index in [1.807, 2.05) is 27.7 Å². The van der Waals surface area contributed by atoms with Crippen molar-refractivity contribution in [3.63, 3.8) is 0 Å². The van der Waals surface area contributed by atoms with Crippen LogP contribution in [0.1, 0.15) is 53.4 Å². The first-order valence-corrected chi connectivity index (χ1v) is 11.9. The average Bonchev–Trinajstić information content (AvgIpc) is 2.73. The highest BCUT2D eigenvalue weighted by Gasteiger charge is 2.46. The van der Waals surface area contributed by atoms with Crippen LogP contribution in [0, 0.1) is 0 Å². The predicted octanol–water partition coefficient (Wildman–Crippen LogP) is 1.42. The molecule has 199 valence electrons. The highest BCUT2D eigenvalue weighted by atomic mass is 16.6. The number of rotatable bonds is 19. The van der Waals surface area contributed by atoms with Gasteiger partial charge >= 0.3 is 5.97 Å². The van der Waals surface area contributed by atoms with Crippen LogP contribution in [0.2, 0.25) is 0 Å². The minimum Gasteiger partial charge on any atom is -0.481 e. The third-order valence-corrected chi connectivity index (χ3v) is 5.38. The minimum absolute atomic E-state index is 0.00937. The molecule has 0 saturated carbocycles. The molecule has 0 aliphatic carbocycles. The Morgan fingerprint density at radius 2 is 1.09 bits per heavy atom. The molecule has 1 radical (unpaired) electrons. The summed E-state index contributed by atoms with van der Waals surface area (Å²) in [5.41, 5.74) is -1.02. The predicted molar refractivity (Wildman–Crippen MR) is 123 cm³/mol. The third kappa shape index (κ3) is 13.5. The molecule has 11 nitrogen and oxygen atoms in total. The van der Waals surface area contributed by atoms with Crippen molar-refractivity contribution in [3.05, 3.63) is 0 Å². The molecule has 1 fully saturated rings. The van der Waals surface area contributed by atoms with Gasteiger partial charge in [0.1, 0.15) is 0 Å². The van der Waals surface area contributed by atoms with Crippen molar-refractivity contribution in [3.8, 4) is 0 Å². The van der Waals surface area contributed by atoms with Crippen molar-refractivity contribution >= 4 is 11.9 Å². The highest BCUT2D eigenvalue weighted by molar-refractivity contribution is 5.76. The Balaban J connectivity index is 1.90. The van der Waals surface area contributed by atoms with Crippen molar-refractivity contribution in [2.45, 2.75) is 70.5 Å². The molecule has 1 rings (SSSR count). The lowest BCUT2D eigenvalue weighted by molar-refractivity contribution is -0.290. The van der Waals surface area contributed by atoms with Crippen molar-refractivity contribution < 1.29 is 43.6 Å². The van der Waals surface area contributed by atoms with Crippen LogP contribution in [-0.2, 0) is 38.5 Å². The lowest BCUT2D eigenvalue weighted by Crippen LogP contribution is -2.62. The summed E-state index contributed by atoms with van der Waals surface area (Å²) in [7, 11) is 0. The summed E-state index contributed by atoms with van der Waals surface area (Å²) >= 11 is 0. The molecule has 0 atom stereocenters. The van der Waals surface area contributed by atoms with Gasteiger partial charge in [-0.25, -0.2) is 0 Å². The fourth-order valence-corrected chi connectivity index (χ4v) is 3.97. The van der Waals surface area contributed by atoms with Gasteiger partial charge in [0.25, 0.3) is 0 Å². The van der Waals surface area contributed by atoms with E-state index in [1.54, 1.807) is 0 Å². The van der Waals surface area contributed by atoms with E-state index < -0.39 is 17.0 Å². The lowest BCUT2D eigenvalue weighted by Gasteiger charge is -2.50. The summed E-state index contributed by atoms with van der Waals surface area (Å²) in [6.07, 6.45) is 1.51. The van der Waals surface area contributed by atoms with Crippen molar-refractivity contribution in [2.24, 2.45) is 0 Å². The molecule has 1 saturated heterocycles. The number of carbonyl (C=O) groups is 2. The minimum atomic E-state index is -0.881. The van der Waals surface area contributed by atoms with Gasteiger partial charge in [0.2, 0.25) is 5.91 Å². The van der Waals surface area contributed by atoms with Crippen LogP contribution in [-0.4, -0.2) is 105 Å². The SMILES string of the molecule is CC1(C)CC(NC(=O)CCOCCOCCOCCOCCOCCC(=O)O)CC(C)(C)N1[O]. The lowest BCUT2D eigenvalue weighted by atomic mass is 9.79. The number of carbonyl (C=O) groups excluding carboxylic acids is 1. The third-order valence-electron chi connectivity index (χ3n) is 5.38. The van der Waals surface area contributed by atoms with Gasteiger partial charge in [-0.3, -0.25) is 9.59 Å². The van der Waals surface area contributed by atoms with Gasteiger partial charge in [0, 0.05) is 23.5 Å². The van der Waals surface area contributed by atoms with Crippen LogP contribution in [0.4, 0.5) is 0 Å². The first-order chi connectivity index (χ1) is 16.0. The van der Waals surface area contributed by atoms with Gasteiger partial charge in [0.15, 0.2) is 0 Å². The Kier molecular flexibility index (Phi) is 14.8. The van der Waals surface area contributed by atoms with E-state index in [2.05, 4.69) is 5.32 Å². The van der Waals surface area contributed by atoms with Crippen LogP contribution >= 0.6 is 0 Å². The zero-order chi connectivity index (χ0) is 25.5. The Hall–Kier alpha value is -1.34. The molecule has 0 aromatic rings. The first kappa shape index (κ1) is 30.7. The number of hydrogen-bond acceptors (Lipinski definition) is 8. The number of nitrogens with zero attached hydrogens (tertiary/aromatic N) is 1. The fourth-order valence-electron chi connectivity index (χ4n) is 3.97. The molecule has 1 aliphatic heterocycles. The van der Waals surface area contributed by atoms with Crippen molar-refractivity contribution in [2.75, 3.05) is 66.1 Å². The number of amides is 1. The standard InChI is InChI=1S/C23H43N2O9/c1-22(2)17-19(18-23(3,4)25(22)29)24-20(26)5-7-30-9-11-32-13-15-34-16-14-33-12-10-31-8-6-21(27)28/h19H,5-18H2,1-4H3,(H,24,26)(H,27,28). The number of hydrogen-bond donors (Lipinski definition) is 2. The van der Waals surface area contributed by atoms with Gasteiger partial charge in [0.05, 0.1) is 72.5 Å². The Labute approximate surface area is 203 Å². The van der Waals surface area contributed by atoms with E-state index in [4.69, 9.17) is 28.8 Å². The molecule has 1 aliphatic rings. The number of piperidine rings is 1. The largest absolute Gasteiger partial charge is 0.481 e. The van der Waals surface area contributed by atoms with Gasteiger partial charge in [-0.1, -0.05) is 0 Å². The summed E-state index contributed by atoms with van der Waals surface area (Å²) in [5.74, 6) is -0.951. The summed E-state index contributed by atoms with van der Waals surface area (Å²) < 4.78 is 26.6. The zero-order valence-corrected chi connectivity index (χ0v) is 21.1. The molecular weight excluding hydrogens is 448 g/mol. The highest BCUT2D eigenvalue weighted by Crippen LogP contribution is 2.36. The second kappa shape index (κ2) is 16.4. The molecule has 0 spiro atoms. The maximum atomic E-state index is 12.4. The normalized spacial score (nSPS) is 18.1. The van der Waals surface area contributed by atoms with Gasteiger partial charge < -0.3 is 34.1 Å². The second-order valence-corrected chi connectivity index (χ2v) is 9.55. The monoisotopic (exact) mass is 491 g/mol. The molecular formula is C23H43N2O9. The molecule has 34 heavy (non-hydrogen) atoms. The van der Waals surface area contributed by atoms with Gasteiger partial charge in [-0.05, 0) is 40.5 Å². The van der Waals surface area contributed by atoms with Crippen LogP contribution in [0.3, 0.4) is 0 Å². The van der Waals surface area contributed by atoms with E-state index in [0.717, 1.165) is 5.06 Å². The van der Waals surface area contributed by atoms with Crippen molar-refractivity contribution in [1.29, 1.82) is 0 Å². The molecule has 0 aromatic carbocycles. The number of carboxylic acids is 1. The maximum absolute atomic E-state index is 12.4. The summed E-state index contributed by atoms with van der Waals surface area (Å²) in [5, 5.41) is 25.0. The molecule has 2 N–H and O–H groups in total. The summed E-state index contributed by atoms with van der Waals surface area (Å²) in [4.78, 5) is 22.5. The number of hydroxylamine groups is 2. The molecule has 0 bridgehead atoms. The molecule has 11 heteroatoms. The zero-order valence-electron chi connectivity index (χ0n) is 21.1. The summed E-state index contributed by atoms with van der Waals surface area (Å²) in [6.45, 7) is 11.4. The quantitative estimate of drug-likeness (QED) is 0.257. The van der Waals surface area contributed by atoms with E-state index in [9.17, 15) is 14.8 Å². The first-order valence-electron chi connectivity index (χ1n) is 11.9. The Morgan fingerprint density at radius 1 is 0.735 bits per heavy atom. The van der Waals surface area contributed by atoms with E-state index in [1.165, 1.54) is 0 Å².